The number of cyclic esters (lactones) is 1. The van der Waals surface area contributed by atoms with Gasteiger partial charge in [-0.3, -0.25) is 4.90 Å². The maximum Gasteiger partial charge on any atom is 0.414 e. The maximum absolute atomic E-state index is 11.8. The fourth-order valence-electron chi connectivity index (χ4n) is 1.95. The summed E-state index contributed by atoms with van der Waals surface area (Å²) >= 11 is 3.90. The summed E-state index contributed by atoms with van der Waals surface area (Å²) in [7, 11) is 0. The fourth-order valence-corrected chi connectivity index (χ4v) is 3.08. The molecule has 1 atom stereocenters. The molecule has 1 saturated heterocycles. The number of halogens is 1. The summed E-state index contributed by atoms with van der Waals surface area (Å²) in [5.74, 6) is 0. The molecule has 6 heteroatoms. The molecular formula is C12H11IN2O2S. The third kappa shape index (κ3) is 2.18. The summed E-state index contributed by atoms with van der Waals surface area (Å²) in [4.78, 5) is 14.6. The molecule has 0 spiro atoms. The number of ether oxygens (including phenoxy) is 1. The van der Waals surface area contributed by atoms with E-state index in [4.69, 9.17) is 4.74 Å². The molecule has 2 heterocycles. The second-order valence-corrected chi connectivity index (χ2v) is 5.84. The molecule has 4 nitrogen and oxygen atoms in total. The number of nitrogens with one attached hydrogen (secondary N) is 1. The van der Waals surface area contributed by atoms with Crippen molar-refractivity contribution in [3.05, 3.63) is 29.8 Å². The van der Waals surface area contributed by atoms with Crippen LogP contribution in [0, 0.1) is 0 Å². The molecule has 1 aromatic rings. The number of alkyl halides is 1. The van der Waals surface area contributed by atoms with Crippen molar-refractivity contribution >= 4 is 51.8 Å². The number of benzene rings is 1. The van der Waals surface area contributed by atoms with Crippen LogP contribution < -0.4 is 10.2 Å². The van der Waals surface area contributed by atoms with E-state index in [1.165, 1.54) is 4.90 Å². The van der Waals surface area contributed by atoms with Gasteiger partial charge in [0.05, 0.1) is 12.2 Å². The van der Waals surface area contributed by atoms with Crippen LogP contribution in [0.25, 0.3) is 0 Å². The predicted octanol–water partition coefficient (Wildman–Crippen LogP) is 3.44. The first-order valence-corrected chi connectivity index (χ1v) is 7.95. The molecule has 0 saturated carbocycles. The molecule has 18 heavy (non-hydrogen) atoms. The van der Waals surface area contributed by atoms with Gasteiger partial charge in [0, 0.05) is 21.2 Å². The topological polar surface area (TPSA) is 41.6 Å². The molecule has 2 aliphatic heterocycles. The highest BCUT2D eigenvalue weighted by Gasteiger charge is 2.31. The van der Waals surface area contributed by atoms with E-state index in [0.717, 1.165) is 15.8 Å². The maximum atomic E-state index is 11.8. The Balaban J connectivity index is 1.87. The predicted molar refractivity (Wildman–Crippen MR) is 81.6 cm³/mol. The molecule has 94 valence electrons. The lowest BCUT2D eigenvalue weighted by Gasteiger charge is -2.17. The lowest BCUT2D eigenvalue weighted by Crippen LogP contribution is -2.24. The monoisotopic (exact) mass is 374 g/mol. The van der Waals surface area contributed by atoms with E-state index in [1.807, 2.05) is 29.8 Å². The van der Waals surface area contributed by atoms with Gasteiger partial charge < -0.3 is 10.1 Å². The number of hydrogen-bond donors (Lipinski definition) is 1. The third-order valence-corrected chi connectivity index (χ3v) is 4.69. The van der Waals surface area contributed by atoms with Crippen LogP contribution in [-0.4, -0.2) is 23.2 Å². The Morgan fingerprint density at radius 3 is 3.22 bits per heavy atom. The van der Waals surface area contributed by atoms with Crippen LogP contribution in [0.4, 0.5) is 16.2 Å². The Morgan fingerprint density at radius 2 is 2.44 bits per heavy atom. The molecule has 0 bridgehead atoms. The Hall–Kier alpha value is -0.890. The van der Waals surface area contributed by atoms with E-state index in [1.54, 1.807) is 16.7 Å². The number of rotatable bonds is 2. The largest absolute Gasteiger partial charge is 0.443 e. The van der Waals surface area contributed by atoms with Crippen LogP contribution in [0.15, 0.2) is 34.7 Å². The van der Waals surface area contributed by atoms with Crippen molar-refractivity contribution in [2.75, 3.05) is 21.2 Å². The van der Waals surface area contributed by atoms with Crippen LogP contribution >= 0.6 is 34.4 Å². The lowest BCUT2D eigenvalue weighted by atomic mass is 10.2. The molecule has 2 aliphatic rings. The van der Waals surface area contributed by atoms with Crippen molar-refractivity contribution in [1.82, 2.24) is 0 Å². The zero-order chi connectivity index (χ0) is 12.5. The minimum absolute atomic E-state index is 0.00337. The van der Waals surface area contributed by atoms with Crippen LogP contribution in [0.1, 0.15) is 0 Å². The minimum atomic E-state index is -0.254. The van der Waals surface area contributed by atoms with E-state index >= 15 is 0 Å². The first-order valence-electron chi connectivity index (χ1n) is 5.54. The van der Waals surface area contributed by atoms with Gasteiger partial charge in [-0.25, -0.2) is 4.79 Å². The number of anilines is 2. The smallest absolute Gasteiger partial charge is 0.414 e. The number of amides is 1. The summed E-state index contributed by atoms with van der Waals surface area (Å²) in [5.41, 5.74) is 1.92. The van der Waals surface area contributed by atoms with E-state index in [2.05, 4.69) is 27.9 Å². The minimum Gasteiger partial charge on any atom is -0.443 e. The number of thioether (sulfide) groups is 1. The van der Waals surface area contributed by atoms with Crippen LogP contribution in [0.2, 0.25) is 0 Å². The average molecular weight is 374 g/mol. The summed E-state index contributed by atoms with van der Waals surface area (Å²) in [6, 6.07) is 5.97. The molecular weight excluding hydrogens is 363 g/mol. The van der Waals surface area contributed by atoms with E-state index in [9.17, 15) is 4.79 Å². The van der Waals surface area contributed by atoms with Crippen LogP contribution in [0.3, 0.4) is 0 Å². The van der Waals surface area contributed by atoms with Crippen molar-refractivity contribution in [3.8, 4) is 0 Å². The van der Waals surface area contributed by atoms with Gasteiger partial charge in [-0.2, -0.15) is 0 Å². The van der Waals surface area contributed by atoms with Gasteiger partial charge in [0.15, 0.2) is 0 Å². The molecule has 0 radical (unpaired) electrons. The van der Waals surface area contributed by atoms with E-state index < -0.39 is 0 Å². The SMILES string of the molecule is O=C1O[C@@H](CI)CN1c1ccc2c(c1)NC=CS2. The Bertz CT molecular complexity index is 521. The Kier molecular flexibility index (Phi) is 3.38. The van der Waals surface area contributed by atoms with Gasteiger partial charge >= 0.3 is 6.09 Å². The second-order valence-electron chi connectivity index (χ2n) is 4.02. The fraction of sp³-hybridized carbons (Fsp3) is 0.250. The highest BCUT2D eigenvalue weighted by molar-refractivity contribution is 14.1. The quantitative estimate of drug-likeness (QED) is 0.636. The molecule has 1 amide bonds. The van der Waals surface area contributed by atoms with Gasteiger partial charge in [-0.1, -0.05) is 34.4 Å². The molecule has 1 N–H and O–H groups in total. The molecule has 1 fully saturated rings. The second kappa shape index (κ2) is 5.00. The van der Waals surface area contributed by atoms with Crippen molar-refractivity contribution in [2.45, 2.75) is 11.0 Å². The summed E-state index contributed by atoms with van der Waals surface area (Å²) in [5, 5.41) is 5.18. The van der Waals surface area contributed by atoms with Gasteiger partial charge in [-0.15, -0.1) is 0 Å². The highest BCUT2D eigenvalue weighted by atomic mass is 127. The van der Waals surface area contributed by atoms with E-state index in [-0.39, 0.29) is 12.2 Å². The number of fused-ring (bicyclic) bond motifs is 1. The molecule has 1 aromatic carbocycles. The number of nitrogens with zero attached hydrogens (tertiary/aromatic N) is 1. The summed E-state index contributed by atoms with van der Waals surface area (Å²) in [6.45, 7) is 0.629. The van der Waals surface area contributed by atoms with Gasteiger partial charge in [-0.05, 0) is 23.6 Å². The van der Waals surface area contributed by atoms with Crippen molar-refractivity contribution < 1.29 is 9.53 Å². The molecule has 0 aromatic heterocycles. The standard InChI is InChI=1S/C12H11IN2O2S/c13-6-9-7-15(12(16)17-9)8-1-2-11-10(5-8)14-3-4-18-11/h1-5,9,14H,6-7H2/t9-/m0/s1. The zero-order valence-corrected chi connectivity index (χ0v) is 12.4. The Morgan fingerprint density at radius 1 is 1.56 bits per heavy atom. The first-order chi connectivity index (χ1) is 8.78. The van der Waals surface area contributed by atoms with Crippen molar-refractivity contribution in [2.24, 2.45) is 0 Å². The first kappa shape index (κ1) is 12.2. The number of carbonyl (C=O) groups excluding carboxylic acids is 1. The highest BCUT2D eigenvalue weighted by Crippen LogP contribution is 2.35. The number of carbonyl (C=O) groups is 1. The Labute approximate surface area is 123 Å². The van der Waals surface area contributed by atoms with Crippen LogP contribution in [0.5, 0.6) is 0 Å². The number of hydrogen-bond acceptors (Lipinski definition) is 4. The zero-order valence-electron chi connectivity index (χ0n) is 9.43. The molecule has 0 unspecified atom stereocenters. The van der Waals surface area contributed by atoms with Gasteiger partial charge in [0.1, 0.15) is 6.10 Å². The van der Waals surface area contributed by atoms with Gasteiger partial charge in [0.2, 0.25) is 0 Å². The van der Waals surface area contributed by atoms with Crippen molar-refractivity contribution in [1.29, 1.82) is 0 Å². The van der Waals surface area contributed by atoms with Crippen molar-refractivity contribution in [3.63, 3.8) is 0 Å². The normalized spacial score (nSPS) is 21.5. The molecule has 3 rings (SSSR count). The average Bonchev–Trinajstić information content (AvgIpc) is 2.79. The molecule has 0 aliphatic carbocycles. The van der Waals surface area contributed by atoms with E-state index in [0.29, 0.717) is 6.54 Å². The van der Waals surface area contributed by atoms with Crippen LogP contribution in [-0.2, 0) is 4.74 Å². The lowest BCUT2D eigenvalue weighted by molar-refractivity contribution is 0.153. The van der Waals surface area contributed by atoms with Gasteiger partial charge in [0.25, 0.3) is 0 Å². The summed E-state index contributed by atoms with van der Waals surface area (Å²) in [6.07, 6.45) is 1.64. The third-order valence-electron chi connectivity index (χ3n) is 2.82. The summed E-state index contributed by atoms with van der Waals surface area (Å²) < 4.78 is 6.08.